The lowest BCUT2D eigenvalue weighted by Gasteiger charge is -2.35. The van der Waals surface area contributed by atoms with E-state index in [0.717, 1.165) is 15.9 Å². The van der Waals surface area contributed by atoms with Crippen molar-refractivity contribution in [2.45, 2.75) is 12.8 Å². The van der Waals surface area contributed by atoms with Crippen LogP contribution in [0.25, 0.3) is 0 Å². The first-order valence-corrected chi connectivity index (χ1v) is 14.4. The quantitative estimate of drug-likeness (QED) is 0.210. The number of halogens is 1. The van der Waals surface area contributed by atoms with Crippen LogP contribution in [-0.2, 0) is 9.53 Å². The summed E-state index contributed by atoms with van der Waals surface area (Å²) in [5.41, 5.74) is 0.651. The average Bonchev–Trinajstić information content (AvgIpc) is 2.97. The van der Waals surface area contributed by atoms with Gasteiger partial charge in [-0.15, -0.1) is 0 Å². The molecule has 0 spiro atoms. The summed E-state index contributed by atoms with van der Waals surface area (Å²) in [5.74, 6) is -2.53. The van der Waals surface area contributed by atoms with Crippen LogP contribution in [0.3, 0.4) is 0 Å². The van der Waals surface area contributed by atoms with Crippen molar-refractivity contribution in [2.75, 3.05) is 6.61 Å². The van der Waals surface area contributed by atoms with Gasteiger partial charge in [-0.2, -0.15) is 10.5 Å². The molecule has 4 aromatic carbocycles. The zero-order chi connectivity index (χ0) is 27.0. The van der Waals surface area contributed by atoms with Crippen molar-refractivity contribution in [3.8, 4) is 12.1 Å². The second-order valence-corrected chi connectivity index (χ2v) is 12.4. The maximum Gasteiger partial charge on any atom is 0.335 e. The molecule has 1 unspecified atom stereocenters. The lowest BCUT2D eigenvalue weighted by atomic mass is 9.85. The molecule has 0 saturated heterocycles. The third-order valence-electron chi connectivity index (χ3n) is 6.41. The number of hydrogen-bond donors (Lipinski definition) is 0. The maximum atomic E-state index is 14.3. The normalized spacial score (nSPS) is 11.7. The SMILES string of the molecule is CCOC(=O)C(C(c1ccc(Cl)cc1)C(C#N)C#N)=P(c1ccccc1)(c1ccccc1)c1ccccc1. The van der Waals surface area contributed by atoms with E-state index in [4.69, 9.17) is 16.3 Å². The van der Waals surface area contributed by atoms with Crippen molar-refractivity contribution >= 4 is 45.7 Å². The first-order chi connectivity index (χ1) is 18.6. The molecule has 0 aliphatic carbocycles. The Bertz CT molecular complexity index is 1410. The van der Waals surface area contributed by atoms with E-state index in [1.807, 2.05) is 91.0 Å². The molecule has 188 valence electrons. The van der Waals surface area contributed by atoms with Gasteiger partial charge in [0.2, 0.25) is 0 Å². The molecular formula is C32H26ClN2O2P. The molecule has 6 heteroatoms. The van der Waals surface area contributed by atoms with Crippen molar-refractivity contribution in [3.63, 3.8) is 0 Å². The number of hydrogen-bond acceptors (Lipinski definition) is 4. The zero-order valence-electron chi connectivity index (χ0n) is 20.9. The molecule has 0 heterocycles. The minimum atomic E-state index is -2.96. The van der Waals surface area contributed by atoms with Gasteiger partial charge in [0.25, 0.3) is 0 Å². The molecule has 0 aliphatic rings. The molecule has 4 rings (SSSR count). The van der Waals surface area contributed by atoms with Crippen LogP contribution in [0.4, 0.5) is 0 Å². The molecule has 0 bridgehead atoms. The first-order valence-electron chi connectivity index (χ1n) is 12.2. The fourth-order valence-electron chi connectivity index (χ4n) is 4.85. The zero-order valence-corrected chi connectivity index (χ0v) is 22.5. The number of ether oxygens (including phenoxy) is 1. The second kappa shape index (κ2) is 12.4. The molecule has 0 fully saturated rings. The lowest BCUT2D eigenvalue weighted by molar-refractivity contribution is -0.135. The minimum absolute atomic E-state index is 0.151. The van der Waals surface area contributed by atoms with Crippen molar-refractivity contribution in [1.29, 1.82) is 10.5 Å². The standard InChI is InChI=1S/C32H26ClN2O2P/c1-2-37-32(36)31(30(25(22-34)23-35)24-18-20-26(33)21-19-24)38(27-12-6-3-7-13-27,28-14-8-4-9-15-28)29-16-10-5-11-17-29/h3-21,25,30H,2H2,1H3. The van der Waals surface area contributed by atoms with E-state index in [9.17, 15) is 15.3 Å². The molecule has 0 aliphatic heterocycles. The van der Waals surface area contributed by atoms with Crippen LogP contribution < -0.4 is 15.9 Å². The number of nitriles is 2. The van der Waals surface area contributed by atoms with E-state index in [1.54, 1.807) is 31.2 Å². The molecule has 4 nitrogen and oxygen atoms in total. The van der Waals surface area contributed by atoms with Crippen molar-refractivity contribution in [1.82, 2.24) is 0 Å². The van der Waals surface area contributed by atoms with Crippen LogP contribution in [-0.4, -0.2) is 17.9 Å². The van der Waals surface area contributed by atoms with Crippen LogP contribution in [0, 0.1) is 28.6 Å². The Hall–Kier alpha value is -4.08. The molecule has 4 aromatic rings. The number of nitrogens with zero attached hydrogens (tertiary/aromatic N) is 2. The van der Waals surface area contributed by atoms with Gasteiger partial charge in [-0.3, -0.25) is 0 Å². The Labute approximate surface area is 228 Å². The monoisotopic (exact) mass is 536 g/mol. The Morgan fingerprint density at radius 3 is 1.55 bits per heavy atom. The highest BCUT2D eigenvalue weighted by Crippen LogP contribution is 2.50. The van der Waals surface area contributed by atoms with E-state index in [2.05, 4.69) is 12.1 Å². The van der Waals surface area contributed by atoms with Gasteiger partial charge in [-0.05, 0) is 47.4 Å². The van der Waals surface area contributed by atoms with Crippen LogP contribution >= 0.6 is 18.5 Å². The van der Waals surface area contributed by atoms with Crippen molar-refractivity contribution < 1.29 is 9.53 Å². The van der Waals surface area contributed by atoms with E-state index in [0.29, 0.717) is 15.9 Å². The summed E-state index contributed by atoms with van der Waals surface area (Å²) in [7, 11) is 0. The predicted molar refractivity (Wildman–Crippen MR) is 156 cm³/mol. The van der Waals surface area contributed by atoms with Gasteiger partial charge in [-0.1, -0.05) is 115 Å². The van der Waals surface area contributed by atoms with Gasteiger partial charge in [0.15, 0.2) is 0 Å². The molecule has 0 amide bonds. The number of esters is 1. The molecule has 0 saturated carbocycles. The van der Waals surface area contributed by atoms with Crippen LogP contribution in [0.1, 0.15) is 18.4 Å². The lowest BCUT2D eigenvalue weighted by Crippen LogP contribution is -2.39. The molecule has 0 aromatic heterocycles. The number of carbonyl (C=O) groups is 1. The molecule has 1 atom stereocenters. The van der Waals surface area contributed by atoms with Gasteiger partial charge >= 0.3 is 5.97 Å². The van der Waals surface area contributed by atoms with E-state index < -0.39 is 24.7 Å². The second-order valence-electron chi connectivity index (χ2n) is 8.55. The van der Waals surface area contributed by atoms with E-state index in [1.165, 1.54) is 0 Å². The first kappa shape index (κ1) is 27.0. The molecule has 38 heavy (non-hydrogen) atoms. The topological polar surface area (TPSA) is 73.9 Å². The average molecular weight is 537 g/mol. The fourth-order valence-corrected chi connectivity index (χ4v) is 9.62. The fraction of sp³-hybridized carbons (Fsp3) is 0.125. The Kier molecular flexibility index (Phi) is 8.83. The van der Waals surface area contributed by atoms with Gasteiger partial charge in [0, 0.05) is 10.9 Å². The highest BCUT2D eigenvalue weighted by atomic mass is 35.5. The number of benzene rings is 4. The largest absolute Gasteiger partial charge is 0.463 e. The molecule has 0 radical (unpaired) electrons. The van der Waals surface area contributed by atoms with Gasteiger partial charge < -0.3 is 4.74 Å². The number of carbonyl (C=O) groups excluding carboxylic acids is 1. The Balaban J connectivity index is 2.34. The highest BCUT2D eigenvalue weighted by molar-refractivity contribution is 7.96. The van der Waals surface area contributed by atoms with E-state index in [-0.39, 0.29) is 6.61 Å². The molecule has 0 N–H and O–H groups in total. The Morgan fingerprint density at radius 2 is 1.18 bits per heavy atom. The van der Waals surface area contributed by atoms with Gasteiger partial charge in [0.1, 0.15) is 5.92 Å². The van der Waals surface area contributed by atoms with Gasteiger partial charge in [0.05, 0.1) is 24.0 Å². The summed E-state index contributed by atoms with van der Waals surface area (Å²) >= 11 is 6.21. The van der Waals surface area contributed by atoms with E-state index >= 15 is 0 Å². The number of rotatable bonds is 8. The van der Waals surface area contributed by atoms with Crippen molar-refractivity contribution in [2.24, 2.45) is 5.92 Å². The summed E-state index contributed by atoms with van der Waals surface area (Å²) in [6, 6.07) is 40.9. The van der Waals surface area contributed by atoms with Gasteiger partial charge in [-0.25, -0.2) is 4.79 Å². The Morgan fingerprint density at radius 1 is 0.763 bits per heavy atom. The highest BCUT2D eigenvalue weighted by Gasteiger charge is 2.41. The van der Waals surface area contributed by atoms with Crippen molar-refractivity contribution in [3.05, 3.63) is 126 Å². The van der Waals surface area contributed by atoms with Crippen LogP contribution in [0.2, 0.25) is 5.02 Å². The molecular weight excluding hydrogens is 511 g/mol. The third kappa shape index (κ3) is 5.16. The summed E-state index contributed by atoms with van der Waals surface area (Å²) in [5, 5.41) is 24.1. The van der Waals surface area contributed by atoms with Crippen LogP contribution in [0.15, 0.2) is 115 Å². The summed E-state index contributed by atoms with van der Waals surface area (Å²) < 4.78 is 5.75. The maximum absolute atomic E-state index is 14.3. The minimum Gasteiger partial charge on any atom is -0.463 e. The third-order valence-corrected chi connectivity index (χ3v) is 11.1. The van der Waals surface area contributed by atoms with Crippen LogP contribution in [0.5, 0.6) is 0 Å². The summed E-state index contributed by atoms with van der Waals surface area (Å²) in [4.78, 5) is 14.3. The summed E-state index contributed by atoms with van der Waals surface area (Å²) in [6.45, 7) is -1.05. The summed E-state index contributed by atoms with van der Waals surface area (Å²) in [6.07, 6.45) is 0. The smallest absolute Gasteiger partial charge is 0.335 e. The predicted octanol–water partition coefficient (Wildman–Crippen LogP) is 5.82.